The summed E-state index contributed by atoms with van der Waals surface area (Å²) in [5, 5.41) is 7.57. The second-order valence-corrected chi connectivity index (χ2v) is 13.2. The van der Waals surface area contributed by atoms with Crippen molar-refractivity contribution in [2.75, 3.05) is 19.8 Å². The van der Waals surface area contributed by atoms with Crippen LogP contribution in [0.3, 0.4) is 0 Å². The lowest BCUT2D eigenvalue weighted by Crippen LogP contribution is -2.13. The first-order valence-electron chi connectivity index (χ1n) is 20.0. The molecule has 0 fully saturated rings. The van der Waals surface area contributed by atoms with E-state index in [1.807, 2.05) is 0 Å². The lowest BCUT2D eigenvalue weighted by atomic mass is 10.0. The van der Waals surface area contributed by atoms with Gasteiger partial charge in [0.15, 0.2) is 0 Å². The van der Waals surface area contributed by atoms with Crippen molar-refractivity contribution in [2.24, 2.45) is 0 Å². The summed E-state index contributed by atoms with van der Waals surface area (Å²) >= 11 is 0. The van der Waals surface area contributed by atoms with Crippen LogP contribution in [0.2, 0.25) is 0 Å². The smallest absolute Gasteiger partial charge is 0.305 e. The highest BCUT2D eigenvalue weighted by Gasteiger charge is 2.06. The number of unbranched alkanes of at least 4 members (excludes halogenated alkanes) is 28. The van der Waals surface area contributed by atoms with Crippen molar-refractivity contribution in [3.63, 3.8) is 0 Å². The second-order valence-electron chi connectivity index (χ2n) is 13.2. The molecule has 5 heteroatoms. The molecule has 0 aromatic rings. The van der Waals surface area contributed by atoms with Gasteiger partial charge in [-0.25, -0.2) is 0 Å². The summed E-state index contributed by atoms with van der Waals surface area (Å²) in [6, 6.07) is 0. The average molecular weight is 641 g/mol. The van der Waals surface area contributed by atoms with E-state index in [1.54, 1.807) is 6.92 Å². The van der Waals surface area contributed by atoms with E-state index in [4.69, 9.17) is 14.6 Å². The third-order valence-corrected chi connectivity index (χ3v) is 8.58. The summed E-state index contributed by atoms with van der Waals surface area (Å²) in [5.41, 5.74) is 0. The zero-order valence-electron chi connectivity index (χ0n) is 30.8. The zero-order chi connectivity index (χ0) is 33.3. The van der Waals surface area contributed by atoms with E-state index in [0.29, 0.717) is 12.8 Å². The van der Waals surface area contributed by atoms with Gasteiger partial charge in [-0.05, 0) is 19.8 Å². The molecule has 0 unspecified atom stereocenters. The largest absolute Gasteiger partial charge is 0.462 e. The van der Waals surface area contributed by atoms with Crippen LogP contribution in [0.5, 0.6) is 0 Å². The molecule has 5 nitrogen and oxygen atoms in total. The number of aliphatic hydroxyl groups excluding tert-OH is 1. The van der Waals surface area contributed by atoms with Gasteiger partial charge in [0.2, 0.25) is 0 Å². The van der Waals surface area contributed by atoms with Gasteiger partial charge in [0.25, 0.3) is 0 Å². The molecule has 0 aliphatic carbocycles. The van der Waals surface area contributed by atoms with Crippen LogP contribution in [0.15, 0.2) is 0 Å². The molecule has 0 aromatic heterocycles. The van der Waals surface area contributed by atoms with Gasteiger partial charge in [-0.1, -0.05) is 194 Å². The molecule has 0 aliphatic heterocycles. The fourth-order valence-corrected chi connectivity index (χ4v) is 5.74. The molecule has 0 bridgehead atoms. The first-order chi connectivity index (χ1) is 22.1. The SMILES string of the molecule is CCCCCCCCCCCCCCCCCC(=O)OCCOC(=O)CCCCCCCCCCCCCCCCC.CCO. The Balaban J connectivity index is 0. The highest BCUT2D eigenvalue weighted by molar-refractivity contribution is 5.70. The molecule has 0 saturated carbocycles. The number of rotatable bonds is 35. The van der Waals surface area contributed by atoms with Crippen LogP contribution in [-0.4, -0.2) is 36.9 Å². The van der Waals surface area contributed by atoms with Crippen molar-refractivity contribution in [2.45, 2.75) is 226 Å². The normalized spacial score (nSPS) is 10.8. The number of hydrogen-bond donors (Lipinski definition) is 1. The molecule has 0 spiro atoms. The molecule has 270 valence electrons. The first-order valence-corrected chi connectivity index (χ1v) is 20.0. The lowest BCUT2D eigenvalue weighted by Gasteiger charge is -2.07. The molecule has 0 radical (unpaired) electrons. The molecule has 45 heavy (non-hydrogen) atoms. The van der Waals surface area contributed by atoms with Crippen molar-refractivity contribution in [3.05, 3.63) is 0 Å². The predicted molar refractivity (Wildman–Crippen MR) is 194 cm³/mol. The Hall–Kier alpha value is -1.10. The second kappa shape index (κ2) is 42.9. The summed E-state index contributed by atoms with van der Waals surface area (Å²) in [6.07, 6.45) is 40.5. The van der Waals surface area contributed by atoms with Crippen LogP contribution >= 0.6 is 0 Å². The number of carbonyl (C=O) groups excluding carboxylic acids is 2. The quantitative estimate of drug-likeness (QED) is 0.0551. The first kappa shape index (κ1) is 46.0. The molecule has 1 N–H and O–H groups in total. The van der Waals surface area contributed by atoms with Crippen LogP contribution < -0.4 is 0 Å². The Morgan fingerprint density at radius 2 is 0.533 bits per heavy atom. The van der Waals surface area contributed by atoms with E-state index in [9.17, 15) is 9.59 Å². The minimum atomic E-state index is -0.164. The van der Waals surface area contributed by atoms with Crippen molar-refractivity contribution in [3.8, 4) is 0 Å². The number of esters is 2. The van der Waals surface area contributed by atoms with E-state index in [2.05, 4.69) is 13.8 Å². The van der Waals surface area contributed by atoms with Gasteiger partial charge < -0.3 is 14.6 Å². The number of ether oxygens (including phenoxy) is 2. The molecule has 0 aliphatic rings. The third-order valence-electron chi connectivity index (χ3n) is 8.58. The monoisotopic (exact) mass is 641 g/mol. The molecule has 0 rings (SSSR count). The van der Waals surface area contributed by atoms with Gasteiger partial charge >= 0.3 is 11.9 Å². The molecule has 0 aromatic carbocycles. The Bertz CT molecular complexity index is 517. The van der Waals surface area contributed by atoms with E-state index >= 15 is 0 Å². The highest BCUT2D eigenvalue weighted by Crippen LogP contribution is 2.15. The third kappa shape index (κ3) is 45.1. The van der Waals surface area contributed by atoms with E-state index < -0.39 is 0 Å². The fourth-order valence-electron chi connectivity index (χ4n) is 5.74. The minimum Gasteiger partial charge on any atom is -0.462 e. The van der Waals surface area contributed by atoms with Gasteiger partial charge in [0.1, 0.15) is 13.2 Å². The Kier molecular flexibility index (Phi) is 43.9. The Morgan fingerprint density at radius 1 is 0.356 bits per heavy atom. The summed E-state index contributed by atoms with van der Waals surface area (Å²) < 4.78 is 10.5. The van der Waals surface area contributed by atoms with Crippen molar-refractivity contribution < 1.29 is 24.2 Å². The molecule has 0 saturated heterocycles. The molecule has 0 heterocycles. The van der Waals surface area contributed by atoms with Gasteiger partial charge in [-0.3, -0.25) is 9.59 Å². The van der Waals surface area contributed by atoms with Crippen LogP contribution in [0.4, 0.5) is 0 Å². The number of carbonyl (C=O) groups is 2. The summed E-state index contributed by atoms with van der Waals surface area (Å²) in [5.74, 6) is -0.327. The van der Waals surface area contributed by atoms with Gasteiger partial charge in [0, 0.05) is 19.4 Å². The lowest BCUT2D eigenvalue weighted by molar-refractivity contribution is -0.152. The predicted octanol–water partition coefficient (Wildman–Crippen LogP) is 12.6. The molecular formula is C40H80O5. The molecule has 0 atom stereocenters. The van der Waals surface area contributed by atoms with Gasteiger partial charge in [0.05, 0.1) is 0 Å². The molecular weight excluding hydrogens is 560 g/mol. The molecule has 0 amide bonds. The van der Waals surface area contributed by atoms with Crippen LogP contribution in [0.1, 0.15) is 226 Å². The van der Waals surface area contributed by atoms with E-state index in [1.165, 1.54) is 167 Å². The standard InChI is InChI=1S/C38H74O4.C2H6O/c1-3-5-7-9-11-13-15-17-19-21-23-25-27-29-31-33-37(39)41-35-36-42-38(40)34-32-30-28-26-24-22-20-18-16-14-12-10-8-6-4-2;1-2-3/h3-36H2,1-2H3;3H,2H2,1H3. The van der Waals surface area contributed by atoms with E-state index in [0.717, 1.165) is 25.7 Å². The van der Waals surface area contributed by atoms with Crippen LogP contribution in [0.25, 0.3) is 0 Å². The van der Waals surface area contributed by atoms with Crippen molar-refractivity contribution in [1.29, 1.82) is 0 Å². The Labute approximate surface area is 281 Å². The Morgan fingerprint density at radius 3 is 0.733 bits per heavy atom. The van der Waals surface area contributed by atoms with Crippen LogP contribution in [0, 0.1) is 0 Å². The summed E-state index contributed by atoms with van der Waals surface area (Å²) in [7, 11) is 0. The maximum atomic E-state index is 11.9. The highest BCUT2D eigenvalue weighted by atomic mass is 16.6. The van der Waals surface area contributed by atoms with Crippen LogP contribution in [-0.2, 0) is 19.1 Å². The topological polar surface area (TPSA) is 72.8 Å². The van der Waals surface area contributed by atoms with Gasteiger partial charge in [-0.15, -0.1) is 0 Å². The number of hydrogen-bond acceptors (Lipinski definition) is 5. The zero-order valence-corrected chi connectivity index (χ0v) is 30.8. The minimum absolute atomic E-state index is 0.164. The fraction of sp³-hybridized carbons (Fsp3) is 0.950. The number of aliphatic hydroxyl groups is 1. The van der Waals surface area contributed by atoms with E-state index in [-0.39, 0.29) is 31.8 Å². The van der Waals surface area contributed by atoms with Gasteiger partial charge in [-0.2, -0.15) is 0 Å². The summed E-state index contributed by atoms with van der Waals surface area (Å²) in [4.78, 5) is 23.8. The summed E-state index contributed by atoms with van der Waals surface area (Å²) in [6.45, 7) is 6.85. The maximum absolute atomic E-state index is 11.9. The average Bonchev–Trinajstić information content (AvgIpc) is 3.03. The van der Waals surface area contributed by atoms with Crippen molar-refractivity contribution >= 4 is 11.9 Å². The van der Waals surface area contributed by atoms with Crippen molar-refractivity contribution in [1.82, 2.24) is 0 Å². The maximum Gasteiger partial charge on any atom is 0.305 e.